The van der Waals surface area contributed by atoms with Crippen LogP contribution in [0.25, 0.3) is 0 Å². The van der Waals surface area contributed by atoms with Gasteiger partial charge in [0.1, 0.15) is 5.60 Å². The summed E-state index contributed by atoms with van der Waals surface area (Å²) in [5, 5.41) is 9.28. The summed E-state index contributed by atoms with van der Waals surface area (Å²) in [6.07, 6.45) is 0. The highest BCUT2D eigenvalue weighted by Gasteiger charge is 2.42. The van der Waals surface area contributed by atoms with E-state index in [1.54, 1.807) is 7.11 Å². The van der Waals surface area contributed by atoms with E-state index in [2.05, 4.69) is 15.9 Å². The second kappa shape index (κ2) is 4.22. The summed E-state index contributed by atoms with van der Waals surface area (Å²) in [6.45, 7) is 1.12. The van der Waals surface area contributed by atoms with Crippen molar-refractivity contribution in [2.24, 2.45) is 0 Å². The average molecular weight is 273 g/mol. The summed E-state index contributed by atoms with van der Waals surface area (Å²) in [5.41, 5.74) is 1.53. The zero-order chi connectivity index (χ0) is 10.9. The van der Waals surface area contributed by atoms with Crippen molar-refractivity contribution in [3.63, 3.8) is 0 Å². The van der Waals surface area contributed by atoms with Gasteiger partial charge in [-0.15, -0.1) is 0 Å². The lowest BCUT2D eigenvalue weighted by molar-refractivity contribution is -0.203. The predicted molar refractivity (Wildman–Crippen MR) is 59.6 cm³/mol. The van der Waals surface area contributed by atoms with Crippen molar-refractivity contribution in [2.75, 3.05) is 20.3 Å². The molecule has 0 aliphatic carbocycles. The smallest absolute Gasteiger partial charge is 0.139 e. The van der Waals surface area contributed by atoms with Crippen LogP contribution >= 0.6 is 15.9 Å². The van der Waals surface area contributed by atoms with Crippen molar-refractivity contribution in [3.05, 3.63) is 33.8 Å². The molecule has 0 saturated carbocycles. The number of aliphatic hydroxyl groups is 1. The topological polar surface area (TPSA) is 38.7 Å². The first kappa shape index (κ1) is 11.1. The van der Waals surface area contributed by atoms with Crippen LogP contribution in [0, 0.1) is 0 Å². The molecule has 1 aliphatic rings. The molecule has 0 spiro atoms. The van der Waals surface area contributed by atoms with Crippen LogP contribution in [0.3, 0.4) is 0 Å². The van der Waals surface area contributed by atoms with Gasteiger partial charge in [0.05, 0.1) is 19.8 Å². The number of hydrogen-bond donors (Lipinski definition) is 1. The maximum absolute atomic E-state index is 9.28. The molecule has 0 bridgehead atoms. The van der Waals surface area contributed by atoms with Crippen molar-refractivity contribution < 1.29 is 14.6 Å². The summed E-state index contributed by atoms with van der Waals surface area (Å²) < 4.78 is 11.7. The number of halogens is 1. The van der Waals surface area contributed by atoms with E-state index >= 15 is 0 Å². The van der Waals surface area contributed by atoms with Gasteiger partial charge in [-0.3, -0.25) is 0 Å². The van der Waals surface area contributed by atoms with E-state index in [-0.39, 0.29) is 12.2 Å². The van der Waals surface area contributed by atoms with Crippen LogP contribution in [0.15, 0.2) is 22.7 Å². The van der Waals surface area contributed by atoms with Crippen LogP contribution in [0.2, 0.25) is 0 Å². The van der Waals surface area contributed by atoms with Crippen molar-refractivity contribution in [1.29, 1.82) is 0 Å². The highest BCUT2D eigenvalue weighted by atomic mass is 79.9. The van der Waals surface area contributed by atoms with E-state index in [0.29, 0.717) is 13.2 Å². The lowest BCUT2D eigenvalue weighted by Crippen LogP contribution is -2.48. The molecule has 1 saturated heterocycles. The number of methoxy groups -OCH3 is 1. The van der Waals surface area contributed by atoms with Gasteiger partial charge in [0, 0.05) is 11.6 Å². The fourth-order valence-electron chi connectivity index (χ4n) is 1.78. The monoisotopic (exact) mass is 272 g/mol. The third kappa shape index (κ3) is 1.83. The molecule has 82 valence electrons. The average Bonchev–Trinajstić information content (AvgIpc) is 2.17. The minimum Gasteiger partial charge on any atom is -0.392 e. The third-order valence-electron chi connectivity index (χ3n) is 2.79. The molecule has 3 nitrogen and oxygen atoms in total. The van der Waals surface area contributed by atoms with E-state index in [0.717, 1.165) is 15.6 Å². The zero-order valence-electron chi connectivity index (χ0n) is 8.50. The molecule has 2 rings (SSSR count). The Morgan fingerprint density at radius 2 is 2.27 bits per heavy atom. The molecule has 1 aromatic rings. The number of aliphatic hydroxyl groups excluding tert-OH is 1. The van der Waals surface area contributed by atoms with Crippen LogP contribution in [-0.4, -0.2) is 25.4 Å². The molecule has 0 radical (unpaired) electrons. The molecule has 0 atom stereocenters. The summed E-state index contributed by atoms with van der Waals surface area (Å²) in [5.74, 6) is 0. The standard InChI is InChI=1S/C11H13BrO3/c1-14-11(6-15-7-11)10-4-9(12)3-2-8(10)5-13/h2-4,13H,5-7H2,1H3. The van der Waals surface area contributed by atoms with Gasteiger partial charge in [0.25, 0.3) is 0 Å². The maximum atomic E-state index is 9.28. The molecular formula is C11H13BrO3. The number of benzene rings is 1. The minimum absolute atomic E-state index is 0.0216. The molecule has 0 aromatic heterocycles. The van der Waals surface area contributed by atoms with Gasteiger partial charge in [0.15, 0.2) is 0 Å². The van der Waals surface area contributed by atoms with Crippen molar-refractivity contribution >= 4 is 15.9 Å². The van der Waals surface area contributed by atoms with E-state index in [1.807, 2.05) is 18.2 Å². The van der Waals surface area contributed by atoms with Gasteiger partial charge in [-0.1, -0.05) is 22.0 Å². The molecule has 1 fully saturated rings. The summed E-state index contributed by atoms with van der Waals surface area (Å²) in [7, 11) is 1.67. The van der Waals surface area contributed by atoms with Gasteiger partial charge in [0.2, 0.25) is 0 Å². The molecule has 4 heteroatoms. The number of ether oxygens (including phenoxy) is 2. The first-order chi connectivity index (χ1) is 7.22. The Balaban J connectivity index is 2.44. The fraction of sp³-hybridized carbons (Fsp3) is 0.455. The van der Waals surface area contributed by atoms with E-state index < -0.39 is 0 Å². The molecule has 0 amide bonds. The van der Waals surface area contributed by atoms with Crippen LogP contribution in [0.1, 0.15) is 11.1 Å². The summed E-state index contributed by atoms with van der Waals surface area (Å²) in [6, 6.07) is 5.80. The Kier molecular flexibility index (Phi) is 3.11. The normalized spacial score (nSPS) is 18.6. The van der Waals surface area contributed by atoms with Crippen LogP contribution in [-0.2, 0) is 21.7 Å². The molecule has 0 unspecified atom stereocenters. The maximum Gasteiger partial charge on any atom is 0.139 e. The molecular weight excluding hydrogens is 260 g/mol. The first-order valence-corrected chi connectivity index (χ1v) is 5.54. The molecule has 1 aliphatic heterocycles. The second-order valence-corrected chi connectivity index (χ2v) is 4.57. The van der Waals surface area contributed by atoms with Crippen molar-refractivity contribution in [1.82, 2.24) is 0 Å². The Hall–Kier alpha value is -0.420. The Morgan fingerprint density at radius 1 is 1.53 bits per heavy atom. The largest absolute Gasteiger partial charge is 0.392 e. The first-order valence-electron chi connectivity index (χ1n) is 4.74. The van der Waals surface area contributed by atoms with Crippen molar-refractivity contribution in [2.45, 2.75) is 12.2 Å². The zero-order valence-corrected chi connectivity index (χ0v) is 10.1. The Labute approximate surface area is 97.1 Å². The molecule has 1 N–H and O–H groups in total. The minimum atomic E-state index is -0.373. The Morgan fingerprint density at radius 3 is 2.73 bits per heavy atom. The number of rotatable bonds is 3. The SMILES string of the molecule is COC1(c2cc(Br)ccc2CO)COC1. The molecule has 1 heterocycles. The van der Waals surface area contributed by atoms with Gasteiger partial charge in [-0.05, 0) is 23.3 Å². The van der Waals surface area contributed by atoms with E-state index in [1.165, 1.54) is 0 Å². The quantitative estimate of drug-likeness (QED) is 0.912. The predicted octanol–water partition coefficient (Wildman–Crippen LogP) is 1.81. The van der Waals surface area contributed by atoms with Gasteiger partial charge < -0.3 is 14.6 Å². The molecule has 15 heavy (non-hydrogen) atoms. The summed E-state index contributed by atoms with van der Waals surface area (Å²) >= 11 is 3.42. The summed E-state index contributed by atoms with van der Waals surface area (Å²) in [4.78, 5) is 0. The lowest BCUT2D eigenvalue weighted by atomic mass is 9.88. The van der Waals surface area contributed by atoms with Gasteiger partial charge >= 0.3 is 0 Å². The third-order valence-corrected chi connectivity index (χ3v) is 3.29. The highest BCUT2D eigenvalue weighted by Crippen LogP contribution is 2.36. The highest BCUT2D eigenvalue weighted by molar-refractivity contribution is 9.10. The van der Waals surface area contributed by atoms with Gasteiger partial charge in [-0.25, -0.2) is 0 Å². The fourth-order valence-corrected chi connectivity index (χ4v) is 2.14. The van der Waals surface area contributed by atoms with Crippen LogP contribution in [0.4, 0.5) is 0 Å². The van der Waals surface area contributed by atoms with Crippen molar-refractivity contribution in [3.8, 4) is 0 Å². The lowest BCUT2D eigenvalue weighted by Gasteiger charge is -2.41. The van der Waals surface area contributed by atoms with Gasteiger partial charge in [-0.2, -0.15) is 0 Å². The van der Waals surface area contributed by atoms with Crippen LogP contribution in [0.5, 0.6) is 0 Å². The second-order valence-electron chi connectivity index (χ2n) is 3.65. The number of hydrogen-bond acceptors (Lipinski definition) is 3. The Bertz CT molecular complexity index is 355. The van der Waals surface area contributed by atoms with E-state index in [4.69, 9.17) is 9.47 Å². The van der Waals surface area contributed by atoms with Crippen LogP contribution < -0.4 is 0 Å². The molecule has 1 aromatic carbocycles. The van der Waals surface area contributed by atoms with E-state index in [9.17, 15) is 5.11 Å².